The number of rotatable bonds is 3. The summed E-state index contributed by atoms with van der Waals surface area (Å²) in [5.41, 5.74) is 3.98. The van der Waals surface area contributed by atoms with Crippen LogP contribution in [0.15, 0.2) is 43.0 Å². The van der Waals surface area contributed by atoms with Gasteiger partial charge in [-0.2, -0.15) is 0 Å². The Bertz CT molecular complexity index is 915. The summed E-state index contributed by atoms with van der Waals surface area (Å²) in [6.45, 7) is 4.95. The summed E-state index contributed by atoms with van der Waals surface area (Å²) in [5, 5.41) is 2.92. The third-order valence-electron chi connectivity index (χ3n) is 4.19. The van der Waals surface area contributed by atoms with Gasteiger partial charge in [-0.25, -0.2) is 4.98 Å². The highest BCUT2D eigenvalue weighted by atomic mass is 16.5. The van der Waals surface area contributed by atoms with E-state index in [1.807, 2.05) is 41.9 Å². The van der Waals surface area contributed by atoms with Gasteiger partial charge in [-0.05, 0) is 25.1 Å². The van der Waals surface area contributed by atoms with Crippen molar-refractivity contribution in [2.75, 3.05) is 36.5 Å². The van der Waals surface area contributed by atoms with Crippen molar-refractivity contribution < 1.29 is 9.53 Å². The number of morpholine rings is 1. The van der Waals surface area contributed by atoms with E-state index in [1.165, 1.54) is 0 Å². The number of anilines is 2. The van der Waals surface area contributed by atoms with Crippen LogP contribution in [0.2, 0.25) is 0 Å². The van der Waals surface area contributed by atoms with E-state index in [1.54, 1.807) is 12.4 Å². The summed E-state index contributed by atoms with van der Waals surface area (Å²) < 4.78 is 7.26. The number of carbonyl (C=O) groups excluding carboxylic acids is 1. The van der Waals surface area contributed by atoms with Gasteiger partial charge in [0.2, 0.25) is 0 Å². The zero-order valence-corrected chi connectivity index (χ0v) is 14.0. The van der Waals surface area contributed by atoms with Crippen LogP contribution in [0, 0.1) is 6.92 Å². The lowest BCUT2D eigenvalue weighted by atomic mass is 10.2. The monoisotopic (exact) mass is 337 g/mol. The van der Waals surface area contributed by atoms with Gasteiger partial charge in [0.25, 0.3) is 5.91 Å². The summed E-state index contributed by atoms with van der Waals surface area (Å²) in [6, 6.07) is 5.59. The Labute approximate surface area is 145 Å². The van der Waals surface area contributed by atoms with Crippen molar-refractivity contribution in [3.05, 3.63) is 54.2 Å². The van der Waals surface area contributed by atoms with Crippen LogP contribution in [-0.2, 0) is 4.74 Å². The second kappa shape index (κ2) is 6.52. The van der Waals surface area contributed by atoms with Crippen molar-refractivity contribution in [1.82, 2.24) is 14.4 Å². The van der Waals surface area contributed by atoms with Gasteiger partial charge in [0, 0.05) is 31.7 Å². The maximum Gasteiger partial charge on any atom is 0.257 e. The number of fused-ring (bicyclic) bond motifs is 1. The molecule has 0 saturated carbocycles. The molecule has 0 aromatic carbocycles. The molecule has 3 aromatic rings. The average molecular weight is 337 g/mol. The Hall–Kier alpha value is -2.93. The fraction of sp³-hybridized carbons (Fsp3) is 0.278. The Morgan fingerprint density at radius 2 is 2.04 bits per heavy atom. The lowest BCUT2D eigenvalue weighted by Crippen LogP contribution is -2.36. The maximum atomic E-state index is 12.6. The van der Waals surface area contributed by atoms with Gasteiger partial charge in [0.15, 0.2) is 0 Å². The second-order valence-electron chi connectivity index (χ2n) is 6.05. The van der Waals surface area contributed by atoms with Gasteiger partial charge >= 0.3 is 0 Å². The first-order chi connectivity index (χ1) is 12.2. The van der Waals surface area contributed by atoms with E-state index in [0.717, 1.165) is 30.1 Å². The zero-order valence-electron chi connectivity index (χ0n) is 14.0. The molecule has 3 aromatic heterocycles. The van der Waals surface area contributed by atoms with E-state index in [0.29, 0.717) is 24.5 Å². The highest BCUT2D eigenvalue weighted by Crippen LogP contribution is 2.18. The van der Waals surface area contributed by atoms with Crippen LogP contribution < -0.4 is 10.2 Å². The number of nitrogens with zero attached hydrogens (tertiary/aromatic N) is 4. The third kappa shape index (κ3) is 3.32. The van der Waals surface area contributed by atoms with Crippen LogP contribution in [0.5, 0.6) is 0 Å². The van der Waals surface area contributed by atoms with Gasteiger partial charge in [0.05, 0.1) is 42.0 Å². The molecule has 128 valence electrons. The molecule has 25 heavy (non-hydrogen) atoms. The highest BCUT2D eigenvalue weighted by molar-refractivity contribution is 6.04. The number of imidazole rings is 1. The highest BCUT2D eigenvalue weighted by Gasteiger charge is 2.14. The number of hydrogen-bond acceptors (Lipinski definition) is 5. The Balaban J connectivity index is 1.53. The molecule has 0 atom stereocenters. The summed E-state index contributed by atoms with van der Waals surface area (Å²) in [4.78, 5) is 23.3. The number of carbonyl (C=O) groups is 1. The smallest absolute Gasteiger partial charge is 0.257 e. The molecule has 7 nitrogen and oxygen atoms in total. The minimum Gasteiger partial charge on any atom is -0.378 e. The van der Waals surface area contributed by atoms with Crippen molar-refractivity contribution in [1.29, 1.82) is 0 Å². The molecule has 1 fully saturated rings. The molecule has 1 N–H and O–H groups in total. The lowest BCUT2D eigenvalue weighted by molar-refractivity contribution is 0.102. The fourth-order valence-electron chi connectivity index (χ4n) is 2.94. The van der Waals surface area contributed by atoms with E-state index in [4.69, 9.17) is 4.74 Å². The number of nitrogens with one attached hydrogen (secondary N) is 1. The largest absolute Gasteiger partial charge is 0.378 e. The topological polar surface area (TPSA) is 71.8 Å². The molecular formula is C18H19N5O2. The molecule has 1 amide bonds. The molecule has 0 radical (unpaired) electrons. The first-order valence-electron chi connectivity index (χ1n) is 8.23. The van der Waals surface area contributed by atoms with Crippen molar-refractivity contribution >= 4 is 22.9 Å². The number of aromatic nitrogens is 3. The van der Waals surface area contributed by atoms with Crippen molar-refractivity contribution in [3.8, 4) is 0 Å². The summed E-state index contributed by atoms with van der Waals surface area (Å²) in [7, 11) is 0. The minimum absolute atomic E-state index is 0.182. The van der Waals surface area contributed by atoms with Crippen LogP contribution in [-0.4, -0.2) is 46.6 Å². The standard InChI is InChI=1S/C18H19N5O2/c1-13-11-23-12-15(2-3-17(23)20-13)21-18(24)14-8-16(10-19-9-14)22-4-6-25-7-5-22/h2-3,8-12H,4-7H2,1H3,(H,21,24). The molecule has 1 aliphatic rings. The maximum absolute atomic E-state index is 12.6. The fourth-order valence-corrected chi connectivity index (χ4v) is 2.94. The normalized spacial score (nSPS) is 14.7. The van der Waals surface area contributed by atoms with Crippen LogP contribution in [0.1, 0.15) is 16.1 Å². The molecule has 7 heteroatoms. The van der Waals surface area contributed by atoms with Gasteiger partial charge in [-0.15, -0.1) is 0 Å². The Morgan fingerprint density at radius 1 is 1.20 bits per heavy atom. The molecule has 1 aliphatic heterocycles. The van der Waals surface area contributed by atoms with Crippen LogP contribution in [0.25, 0.3) is 5.65 Å². The molecule has 0 unspecified atom stereocenters. The number of amides is 1. The Kier molecular flexibility index (Phi) is 4.07. The predicted molar refractivity (Wildman–Crippen MR) is 95.2 cm³/mol. The van der Waals surface area contributed by atoms with E-state index in [9.17, 15) is 4.79 Å². The summed E-state index contributed by atoms with van der Waals surface area (Å²) >= 11 is 0. The summed E-state index contributed by atoms with van der Waals surface area (Å²) in [6.07, 6.45) is 7.14. The quantitative estimate of drug-likeness (QED) is 0.793. The van der Waals surface area contributed by atoms with Crippen molar-refractivity contribution in [3.63, 3.8) is 0 Å². The molecular weight excluding hydrogens is 318 g/mol. The SMILES string of the molecule is Cc1cn2cc(NC(=O)c3cncc(N4CCOCC4)c3)ccc2n1. The molecule has 1 saturated heterocycles. The molecule has 4 rings (SSSR count). The van der Waals surface area contributed by atoms with Crippen LogP contribution in [0.4, 0.5) is 11.4 Å². The van der Waals surface area contributed by atoms with E-state index in [-0.39, 0.29) is 5.91 Å². The third-order valence-corrected chi connectivity index (χ3v) is 4.19. The average Bonchev–Trinajstić information content (AvgIpc) is 3.02. The first-order valence-corrected chi connectivity index (χ1v) is 8.23. The van der Waals surface area contributed by atoms with E-state index < -0.39 is 0 Å². The second-order valence-corrected chi connectivity index (χ2v) is 6.05. The van der Waals surface area contributed by atoms with Gasteiger partial charge in [-0.3, -0.25) is 9.78 Å². The molecule has 4 heterocycles. The van der Waals surface area contributed by atoms with Gasteiger partial charge < -0.3 is 19.4 Å². The van der Waals surface area contributed by atoms with Crippen molar-refractivity contribution in [2.24, 2.45) is 0 Å². The number of aryl methyl sites for hydroxylation is 1. The molecule has 0 bridgehead atoms. The number of pyridine rings is 2. The minimum atomic E-state index is -0.182. The zero-order chi connectivity index (χ0) is 17.2. The number of hydrogen-bond donors (Lipinski definition) is 1. The molecule has 0 spiro atoms. The van der Waals surface area contributed by atoms with E-state index in [2.05, 4.69) is 20.2 Å². The summed E-state index contributed by atoms with van der Waals surface area (Å²) in [5.74, 6) is -0.182. The number of ether oxygens (including phenoxy) is 1. The van der Waals surface area contributed by atoms with Gasteiger partial charge in [-0.1, -0.05) is 0 Å². The van der Waals surface area contributed by atoms with Crippen molar-refractivity contribution in [2.45, 2.75) is 6.92 Å². The van der Waals surface area contributed by atoms with E-state index >= 15 is 0 Å². The van der Waals surface area contributed by atoms with Crippen LogP contribution in [0.3, 0.4) is 0 Å². The lowest BCUT2D eigenvalue weighted by Gasteiger charge is -2.28. The Morgan fingerprint density at radius 3 is 2.88 bits per heavy atom. The van der Waals surface area contributed by atoms with Gasteiger partial charge in [0.1, 0.15) is 5.65 Å². The first kappa shape index (κ1) is 15.6. The predicted octanol–water partition coefficient (Wildman–Crippen LogP) is 2.13. The van der Waals surface area contributed by atoms with Crippen LogP contribution >= 0.6 is 0 Å². The molecule has 0 aliphatic carbocycles.